The van der Waals surface area contributed by atoms with Crippen molar-refractivity contribution < 1.29 is 14.6 Å². The molecule has 3 N–H and O–H groups in total. The van der Waals surface area contributed by atoms with E-state index < -0.39 is 0 Å². The lowest BCUT2D eigenvalue weighted by Crippen LogP contribution is -2.36. The highest BCUT2D eigenvalue weighted by Gasteiger charge is 2.03. The number of aliphatic hydroxyl groups excluding tert-OH is 1. The largest absolute Gasteiger partial charge is 0.496 e. The molecule has 0 aromatic heterocycles. The molecule has 2 rings (SSSR count). The Hall–Kier alpha value is -2.53. The van der Waals surface area contributed by atoms with Crippen LogP contribution in [-0.2, 0) is 19.6 Å². The topological polar surface area (TPSA) is 70.6 Å². The summed E-state index contributed by atoms with van der Waals surface area (Å²) in [6, 6.07) is 13.4. The van der Waals surface area contributed by atoms with E-state index in [1.54, 1.807) is 7.11 Å². The van der Waals surface area contributed by atoms with Crippen LogP contribution in [0, 0.1) is 6.92 Å². The van der Waals surface area contributed by atoms with Crippen LogP contribution in [0.1, 0.15) is 22.3 Å². The van der Waals surface area contributed by atoms with E-state index in [2.05, 4.69) is 10.6 Å². The Bertz CT molecular complexity index is 669. The third-order valence-electron chi connectivity index (χ3n) is 3.83. The second kappa shape index (κ2) is 8.93. The molecular weight excluding hydrogens is 304 g/mol. The van der Waals surface area contributed by atoms with Crippen molar-refractivity contribution in [1.82, 2.24) is 10.6 Å². The number of benzene rings is 2. The third kappa shape index (κ3) is 5.28. The van der Waals surface area contributed by atoms with Crippen molar-refractivity contribution in [3.63, 3.8) is 0 Å². The van der Waals surface area contributed by atoms with E-state index in [1.165, 1.54) is 0 Å². The molecule has 0 atom stereocenters. The number of amides is 2. The maximum Gasteiger partial charge on any atom is 0.315 e. The Labute approximate surface area is 142 Å². The Kier molecular flexibility index (Phi) is 6.63. The maximum absolute atomic E-state index is 11.8. The smallest absolute Gasteiger partial charge is 0.315 e. The molecule has 128 valence electrons. The average molecular weight is 328 g/mol. The lowest BCUT2D eigenvalue weighted by Gasteiger charge is -2.10. The summed E-state index contributed by atoms with van der Waals surface area (Å²) in [4.78, 5) is 11.8. The van der Waals surface area contributed by atoms with Crippen LogP contribution in [0.4, 0.5) is 4.79 Å². The molecule has 2 amide bonds. The third-order valence-corrected chi connectivity index (χ3v) is 3.83. The van der Waals surface area contributed by atoms with Gasteiger partial charge in [-0.1, -0.05) is 36.4 Å². The SMILES string of the molecule is COc1cc(CNC(=O)NCCc2ccc(CO)cc2)ccc1C. The number of hydrogen-bond donors (Lipinski definition) is 3. The van der Waals surface area contributed by atoms with Gasteiger partial charge in [-0.2, -0.15) is 0 Å². The van der Waals surface area contributed by atoms with Gasteiger partial charge in [-0.05, 0) is 41.7 Å². The van der Waals surface area contributed by atoms with Crippen LogP contribution >= 0.6 is 0 Å². The average Bonchev–Trinajstić information content (AvgIpc) is 2.61. The van der Waals surface area contributed by atoms with Gasteiger partial charge in [0.2, 0.25) is 0 Å². The minimum atomic E-state index is -0.193. The summed E-state index contributed by atoms with van der Waals surface area (Å²) in [6.07, 6.45) is 0.748. The molecule has 0 aliphatic rings. The number of carbonyl (C=O) groups is 1. The van der Waals surface area contributed by atoms with Crippen molar-refractivity contribution in [1.29, 1.82) is 0 Å². The highest BCUT2D eigenvalue weighted by atomic mass is 16.5. The summed E-state index contributed by atoms with van der Waals surface area (Å²) >= 11 is 0. The van der Waals surface area contributed by atoms with Gasteiger partial charge in [0.15, 0.2) is 0 Å². The van der Waals surface area contributed by atoms with Crippen molar-refractivity contribution in [2.24, 2.45) is 0 Å². The number of hydrogen-bond acceptors (Lipinski definition) is 3. The van der Waals surface area contributed by atoms with Crippen LogP contribution in [-0.4, -0.2) is 24.8 Å². The number of aliphatic hydroxyl groups is 1. The molecule has 2 aromatic rings. The molecule has 5 nitrogen and oxygen atoms in total. The summed E-state index contributed by atoms with van der Waals surface area (Å²) in [7, 11) is 1.64. The molecule has 0 radical (unpaired) electrons. The van der Waals surface area contributed by atoms with Crippen LogP contribution in [0.15, 0.2) is 42.5 Å². The van der Waals surface area contributed by atoms with Crippen molar-refractivity contribution in [2.75, 3.05) is 13.7 Å². The highest BCUT2D eigenvalue weighted by Crippen LogP contribution is 2.18. The predicted octanol–water partition coefficient (Wildman–Crippen LogP) is 2.54. The Morgan fingerprint density at radius 1 is 1.04 bits per heavy atom. The summed E-state index contributed by atoms with van der Waals surface area (Å²) in [6.45, 7) is 3.04. The molecular formula is C19H24N2O3. The van der Waals surface area contributed by atoms with Crippen LogP contribution in [0.5, 0.6) is 5.75 Å². The number of aryl methyl sites for hydroxylation is 1. The molecule has 0 fully saturated rings. The van der Waals surface area contributed by atoms with Crippen LogP contribution in [0.25, 0.3) is 0 Å². The number of methoxy groups -OCH3 is 1. The van der Waals surface area contributed by atoms with Gasteiger partial charge in [-0.15, -0.1) is 0 Å². The summed E-state index contributed by atoms with van der Waals surface area (Å²) in [5.74, 6) is 0.820. The Morgan fingerprint density at radius 3 is 2.38 bits per heavy atom. The standard InChI is InChI=1S/C19H24N2O3/c1-14-3-4-17(11-18(14)24-2)12-21-19(23)20-10-9-15-5-7-16(13-22)8-6-15/h3-8,11,22H,9-10,12-13H2,1-2H3,(H2,20,21,23). The Balaban J connectivity index is 1.73. The van der Waals surface area contributed by atoms with E-state index in [1.807, 2.05) is 49.4 Å². The molecule has 0 heterocycles. The first-order valence-electron chi connectivity index (χ1n) is 7.96. The number of rotatable bonds is 7. The molecule has 0 aliphatic carbocycles. The van der Waals surface area contributed by atoms with Gasteiger partial charge >= 0.3 is 6.03 Å². The molecule has 0 saturated heterocycles. The number of carbonyl (C=O) groups excluding carboxylic acids is 1. The van der Waals surface area contributed by atoms with Crippen molar-refractivity contribution in [3.05, 3.63) is 64.7 Å². The molecule has 0 unspecified atom stereocenters. The normalized spacial score (nSPS) is 10.3. The summed E-state index contributed by atoms with van der Waals surface area (Å²) in [5.41, 5.74) is 4.07. The first kappa shape index (κ1) is 17.8. The predicted molar refractivity (Wildman–Crippen MR) is 94.0 cm³/mol. The van der Waals surface area contributed by atoms with Gasteiger partial charge in [0.05, 0.1) is 13.7 Å². The van der Waals surface area contributed by atoms with E-state index in [0.29, 0.717) is 13.1 Å². The molecule has 0 spiro atoms. The molecule has 2 aromatic carbocycles. The van der Waals surface area contributed by atoms with Gasteiger partial charge in [-0.25, -0.2) is 4.79 Å². The maximum atomic E-state index is 11.8. The minimum absolute atomic E-state index is 0.0464. The second-order valence-electron chi connectivity index (χ2n) is 5.64. The zero-order valence-electron chi connectivity index (χ0n) is 14.1. The van der Waals surface area contributed by atoms with Gasteiger partial charge < -0.3 is 20.5 Å². The first-order chi connectivity index (χ1) is 11.6. The van der Waals surface area contributed by atoms with Gasteiger partial charge in [0, 0.05) is 13.1 Å². The monoisotopic (exact) mass is 328 g/mol. The van der Waals surface area contributed by atoms with E-state index in [0.717, 1.165) is 34.4 Å². The fraction of sp³-hybridized carbons (Fsp3) is 0.316. The molecule has 5 heteroatoms. The fourth-order valence-corrected chi connectivity index (χ4v) is 2.35. The molecule has 0 saturated carbocycles. The van der Waals surface area contributed by atoms with Crippen LogP contribution in [0.2, 0.25) is 0 Å². The Morgan fingerprint density at radius 2 is 1.71 bits per heavy atom. The van der Waals surface area contributed by atoms with Crippen LogP contribution < -0.4 is 15.4 Å². The second-order valence-corrected chi connectivity index (χ2v) is 5.64. The van der Waals surface area contributed by atoms with Gasteiger partial charge in [0.1, 0.15) is 5.75 Å². The summed E-state index contributed by atoms with van der Waals surface area (Å²) in [5, 5.41) is 14.7. The summed E-state index contributed by atoms with van der Waals surface area (Å²) < 4.78 is 5.28. The van der Waals surface area contributed by atoms with Crippen LogP contribution in [0.3, 0.4) is 0 Å². The van der Waals surface area contributed by atoms with E-state index in [4.69, 9.17) is 9.84 Å². The van der Waals surface area contributed by atoms with Crippen molar-refractivity contribution >= 4 is 6.03 Å². The lowest BCUT2D eigenvalue weighted by molar-refractivity contribution is 0.240. The van der Waals surface area contributed by atoms with Crippen molar-refractivity contribution in [3.8, 4) is 5.75 Å². The van der Waals surface area contributed by atoms with E-state index in [-0.39, 0.29) is 12.6 Å². The number of nitrogens with one attached hydrogen (secondary N) is 2. The van der Waals surface area contributed by atoms with E-state index >= 15 is 0 Å². The highest BCUT2D eigenvalue weighted by molar-refractivity contribution is 5.73. The number of ether oxygens (including phenoxy) is 1. The van der Waals surface area contributed by atoms with Gasteiger partial charge in [0.25, 0.3) is 0 Å². The minimum Gasteiger partial charge on any atom is -0.496 e. The fourth-order valence-electron chi connectivity index (χ4n) is 2.35. The molecule has 0 bridgehead atoms. The lowest BCUT2D eigenvalue weighted by atomic mass is 10.1. The zero-order valence-corrected chi connectivity index (χ0v) is 14.1. The quantitative estimate of drug-likeness (QED) is 0.731. The molecule has 24 heavy (non-hydrogen) atoms. The molecule has 0 aliphatic heterocycles. The van der Waals surface area contributed by atoms with Crippen molar-refractivity contribution in [2.45, 2.75) is 26.5 Å². The number of urea groups is 1. The van der Waals surface area contributed by atoms with Gasteiger partial charge in [-0.3, -0.25) is 0 Å². The first-order valence-corrected chi connectivity index (χ1v) is 7.96. The zero-order chi connectivity index (χ0) is 17.4. The van der Waals surface area contributed by atoms with E-state index in [9.17, 15) is 4.79 Å².